The van der Waals surface area contributed by atoms with E-state index in [0.717, 1.165) is 12.7 Å². The van der Waals surface area contributed by atoms with E-state index in [4.69, 9.17) is 4.43 Å². The van der Waals surface area contributed by atoms with Gasteiger partial charge in [0.25, 0.3) is 8.32 Å². The lowest BCUT2D eigenvalue weighted by Crippen LogP contribution is -2.66. The highest BCUT2D eigenvalue weighted by atomic mass is 28.4. The molecule has 0 N–H and O–H groups in total. The van der Waals surface area contributed by atoms with Gasteiger partial charge >= 0.3 is 0 Å². The van der Waals surface area contributed by atoms with E-state index in [9.17, 15) is 4.79 Å². The van der Waals surface area contributed by atoms with Crippen LogP contribution in [0.3, 0.4) is 0 Å². The third-order valence-corrected chi connectivity index (χ3v) is 9.92. The second-order valence-electron chi connectivity index (χ2n) is 7.66. The molecule has 0 bridgehead atoms. The van der Waals surface area contributed by atoms with Crippen molar-refractivity contribution < 1.29 is 9.22 Å². The topological polar surface area (TPSA) is 26.3 Å². The molecule has 2 rings (SSSR count). The van der Waals surface area contributed by atoms with E-state index in [2.05, 4.69) is 88.4 Å². The lowest BCUT2D eigenvalue weighted by molar-refractivity contribution is -0.104. The van der Waals surface area contributed by atoms with Crippen LogP contribution in [0.15, 0.2) is 72.8 Å². The molecular weight excluding hydrogens is 336 g/mol. The number of hydrogen-bond donors (Lipinski definition) is 0. The standard InChI is InChI=1S/C23H30O2Si/c1-5-20(13-12-18-24)19-25-26(23(2,3)4,21-14-8-6-9-15-21)22-16-10-7-11-17-22/h6-18,20H,5,19H2,1-4H3/b13-12+/t20-/m1/s1. The minimum absolute atomic E-state index is 0.0254. The van der Waals surface area contributed by atoms with Gasteiger partial charge in [0, 0.05) is 6.61 Å². The fraction of sp³-hybridized carbons (Fsp3) is 0.348. The second-order valence-corrected chi connectivity index (χ2v) is 12.0. The summed E-state index contributed by atoms with van der Waals surface area (Å²) < 4.78 is 6.89. The third kappa shape index (κ3) is 4.40. The van der Waals surface area contributed by atoms with Crippen LogP contribution >= 0.6 is 0 Å². The highest BCUT2D eigenvalue weighted by Crippen LogP contribution is 2.37. The predicted molar refractivity (Wildman–Crippen MR) is 113 cm³/mol. The van der Waals surface area contributed by atoms with Crippen LogP contribution in [0.2, 0.25) is 5.04 Å². The van der Waals surface area contributed by atoms with Crippen LogP contribution < -0.4 is 10.4 Å². The molecule has 0 saturated heterocycles. The van der Waals surface area contributed by atoms with Crippen molar-refractivity contribution in [1.29, 1.82) is 0 Å². The van der Waals surface area contributed by atoms with Crippen molar-refractivity contribution in [3.63, 3.8) is 0 Å². The Bertz CT molecular complexity index is 662. The Morgan fingerprint density at radius 3 is 1.85 bits per heavy atom. The third-order valence-electron chi connectivity index (χ3n) is 4.92. The van der Waals surface area contributed by atoms with Crippen LogP contribution in [0.1, 0.15) is 34.1 Å². The Balaban J connectivity index is 2.53. The summed E-state index contributed by atoms with van der Waals surface area (Å²) in [6.07, 6.45) is 5.34. The Hall–Kier alpha value is -1.97. The molecule has 3 heteroatoms. The van der Waals surface area contributed by atoms with Crippen LogP contribution in [0.5, 0.6) is 0 Å². The van der Waals surface area contributed by atoms with E-state index >= 15 is 0 Å². The molecule has 2 aromatic carbocycles. The fourth-order valence-corrected chi connectivity index (χ4v) is 8.13. The van der Waals surface area contributed by atoms with Crippen LogP contribution in [0.4, 0.5) is 0 Å². The van der Waals surface area contributed by atoms with E-state index in [1.54, 1.807) is 6.08 Å². The highest BCUT2D eigenvalue weighted by Gasteiger charge is 2.50. The molecule has 2 aromatic rings. The summed E-state index contributed by atoms with van der Waals surface area (Å²) in [6, 6.07) is 21.3. The van der Waals surface area contributed by atoms with Crippen LogP contribution in [0, 0.1) is 5.92 Å². The van der Waals surface area contributed by atoms with Crippen molar-refractivity contribution in [3.8, 4) is 0 Å². The van der Waals surface area contributed by atoms with Gasteiger partial charge in [-0.05, 0) is 33.8 Å². The molecule has 2 nitrogen and oxygen atoms in total. The molecule has 0 unspecified atom stereocenters. The Morgan fingerprint density at radius 2 is 1.46 bits per heavy atom. The zero-order valence-corrected chi connectivity index (χ0v) is 17.3. The second kappa shape index (κ2) is 9.11. The van der Waals surface area contributed by atoms with Gasteiger partial charge in [-0.1, -0.05) is 94.4 Å². The average Bonchev–Trinajstić information content (AvgIpc) is 2.65. The maximum absolute atomic E-state index is 10.7. The van der Waals surface area contributed by atoms with Crippen LogP contribution in [-0.2, 0) is 9.22 Å². The van der Waals surface area contributed by atoms with Crippen molar-refractivity contribution in [1.82, 2.24) is 0 Å². The van der Waals surface area contributed by atoms with Gasteiger partial charge in [0.15, 0.2) is 0 Å². The first kappa shape index (κ1) is 20.3. The van der Waals surface area contributed by atoms with Crippen molar-refractivity contribution in [2.45, 2.75) is 39.2 Å². The van der Waals surface area contributed by atoms with Gasteiger partial charge in [-0.2, -0.15) is 0 Å². The van der Waals surface area contributed by atoms with E-state index in [0.29, 0.717) is 6.61 Å². The molecule has 0 aromatic heterocycles. The van der Waals surface area contributed by atoms with Gasteiger partial charge in [-0.3, -0.25) is 4.79 Å². The van der Waals surface area contributed by atoms with E-state index < -0.39 is 8.32 Å². The lowest BCUT2D eigenvalue weighted by Gasteiger charge is -2.43. The zero-order valence-electron chi connectivity index (χ0n) is 16.3. The van der Waals surface area contributed by atoms with Gasteiger partial charge in [0.1, 0.15) is 6.29 Å². The van der Waals surface area contributed by atoms with Gasteiger partial charge in [-0.15, -0.1) is 0 Å². The molecule has 0 heterocycles. The van der Waals surface area contributed by atoms with Crippen molar-refractivity contribution in [2.75, 3.05) is 6.61 Å². The maximum Gasteiger partial charge on any atom is 0.261 e. The largest absolute Gasteiger partial charge is 0.407 e. The molecule has 0 saturated carbocycles. The van der Waals surface area contributed by atoms with E-state index in [1.165, 1.54) is 10.4 Å². The monoisotopic (exact) mass is 366 g/mol. The van der Waals surface area contributed by atoms with E-state index in [-0.39, 0.29) is 11.0 Å². The average molecular weight is 367 g/mol. The molecule has 26 heavy (non-hydrogen) atoms. The summed E-state index contributed by atoms with van der Waals surface area (Å²) >= 11 is 0. The van der Waals surface area contributed by atoms with Gasteiger partial charge in [-0.25, -0.2) is 0 Å². The Kier molecular flexibility index (Phi) is 7.12. The fourth-order valence-electron chi connectivity index (χ4n) is 3.51. The number of carbonyl (C=O) groups excluding carboxylic acids is 1. The number of carbonyl (C=O) groups is 1. The first-order chi connectivity index (χ1) is 12.5. The maximum atomic E-state index is 10.7. The summed E-state index contributed by atoms with van der Waals surface area (Å²) in [4.78, 5) is 10.7. The molecule has 0 spiro atoms. The highest BCUT2D eigenvalue weighted by molar-refractivity contribution is 6.99. The molecule has 1 atom stereocenters. The number of rotatable bonds is 8. The summed E-state index contributed by atoms with van der Waals surface area (Å²) in [5, 5.41) is 2.54. The van der Waals surface area contributed by atoms with Crippen LogP contribution in [0.25, 0.3) is 0 Å². The molecule has 0 radical (unpaired) electrons. The van der Waals surface area contributed by atoms with Crippen molar-refractivity contribution in [3.05, 3.63) is 72.8 Å². The minimum Gasteiger partial charge on any atom is -0.407 e. The minimum atomic E-state index is -2.49. The number of hydrogen-bond acceptors (Lipinski definition) is 2. The summed E-state index contributed by atoms with van der Waals surface area (Å²) in [5.41, 5.74) is 0. The predicted octanol–water partition coefficient (Wildman–Crippen LogP) is 4.34. The molecule has 138 valence electrons. The van der Waals surface area contributed by atoms with Crippen molar-refractivity contribution >= 4 is 25.0 Å². The Labute approximate surface area is 159 Å². The molecule has 0 amide bonds. The normalized spacial score (nSPS) is 13.7. The zero-order chi connectivity index (χ0) is 19.0. The van der Waals surface area contributed by atoms with Gasteiger partial charge < -0.3 is 4.43 Å². The van der Waals surface area contributed by atoms with Crippen molar-refractivity contribution in [2.24, 2.45) is 5.92 Å². The lowest BCUT2D eigenvalue weighted by atomic mass is 10.1. The SMILES string of the molecule is CC[C@H](/C=C/C=O)CO[Si](c1ccccc1)(c1ccccc1)C(C)(C)C. The number of allylic oxidation sites excluding steroid dienone is 1. The molecular formula is C23H30O2Si. The number of aldehydes is 1. The van der Waals surface area contributed by atoms with Gasteiger partial charge in [0.05, 0.1) is 0 Å². The summed E-state index contributed by atoms with van der Waals surface area (Å²) in [6.45, 7) is 9.59. The van der Waals surface area contributed by atoms with E-state index in [1.807, 2.05) is 6.08 Å². The molecule has 0 fully saturated rings. The molecule has 0 aliphatic heterocycles. The first-order valence-electron chi connectivity index (χ1n) is 9.32. The summed E-state index contributed by atoms with van der Waals surface area (Å²) in [5.74, 6) is 0.238. The quantitative estimate of drug-likeness (QED) is 0.394. The Morgan fingerprint density at radius 1 is 0.962 bits per heavy atom. The summed E-state index contributed by atoms with van der Waals surface area (Å²) in [7, 11) is -2.49. The smallest absolute Gasteiger partial charge is 0.261 e. The van der Waals surface area contributed by atoms with Crippen LogP contribution in [-0.4, -0.2) is 21.2 Å². The molecule has 0 aliphatic rings. The first-order valence-corrected chi connectivity index (χ1v) is 11.2. The molecule has 0 aliphatic carbocycles. The van der Waals surface area contributed by atoms with Gasteiger partial charge in [0.2, 0.25) is 0 Å². The number of benzene rings is 2.